The number of carbonyl (C=O) groups is 1. The number of rotatable bonds is 5. The normalized spacial score (nSPS) is 15.1. The number of nitrogens with two attached hydrogens (primary N) is 1. The fourth-order valence-electron chi connectivity index (χ4n) is 2.93. The first-order valence-electron chi connectivity index (χ1n) is 8.64. The van der Waals surface area contributed by atoms with Crippen LogP contribution in [-0.2, 0) is 22.5 Å². The molecule has 2 aromatic rings. The number of aryl methyl sites for hydroxylation is 1. The molecule has 25 heavy (non-hydrogen) atoms. The molecule has 0 atom stereocenters. The monoisotopic (exact) mass is 339 g/mol. The number of carbonyl (C=O) groups excluding carboxylic acids is 1. The maximum atomic E-state index is 12.4. The van der Waals surface area contributed by atoms with Crippen LogP contribution in [0.1, 0.15) is 16.7 Å². The van der Waals surface area contributed by atoms with Crippen LogP contribution in [-0.4, -0.2) is 37.1 Å². The van der Waals surface area contributed by atoms with Crippen molar-refractivity contribution < 1.29 is 9.53 Å². The molecule has 0 unspecified atom stereocenters. The van der Waals surface area contributed by atoms with Crippen LogP contribution in [0.2, 0.25) is 0 Å². The number of anilines is 2. The van der Waals surface area contributed by atoms with Crippen LogP contribution in [0, 0.1) is 6.92 Å². The smallest absolute Gasteiger partial charge is 0.228 e. The fraction of sp³-hybridized carbons (Fsp3) is 0.350. The number of nitrogens with zero attached hydrogens (tertiary/aromatic N) is 1. The fourth-order valence-corrected chi connectivity index (χ4v) is 2.93. The summed E-state index contributed by atoms with van der Waals surface area (Å²) in [4.78, 5) is 14.7. The Morgan fingerprint density at radius 1 is 1.12 bits per heavy atom. The third-order valence-corrected chi connectivity index (χ3v) is 4.43. The Hall–Kier alpha value is -2.37. The zero-order valence-electron chi connectivity index (χ0n) is 14.6. The molecule has 0 saturated carbocycles. The molecule has 5 nitrogen and oxygen atoms in total. The quantitative estimate of drug-likeness (QED) is 0.822. The molecule has 1 fully saturated rings. The molecule has 0 radical (unpaired) electrons. The summed E-state index contributed by atoms with van der Waals surface area (Å²) in [5, 5.41) is 3.04. The van der Waals surface area contributed by atoms with Gasteiger partial charge in [-0.15, -0.1) is 0 Å². The van der Waals surface area contributed by atoms with Gasteiger partial charge in [-0.25, -0.2) is 0 Å². The van der Waals surface area contributed by atoms with Gasteiger partial charge in [-0.2, -0.15) is 0 Å². The molecule has 0 bridgehead atoms. The average molecular weight is 339 g/mol. The molecule has 0 aromatic heterocycles. The van der Waals surface area contributed by atoms with Crippen molar-refractivity contribution in [3.63, 3.8) is 0 Å². The first-order chi connectivity index (χ1) is 12.1. The number of nitrogens with one attached hydrogen (secondary N) is 1. The summed E-state index contributed by atoms with van der Waals surface area (Å²) in [6.45, 7) is 6.37. The lowest BCUT2D eigenvalue weighted by atomic mass is 10.1. The van der Waals surface area contributed by atoms with E-state index in [1.54, 1.807) is 0 Å². The number of morpholine rings is 1. The Labute approximate surface area is 148 Å². The molecule has 3 rings (SSSR count). The molecule has 3 N–H and O–H groups in total. The standard InChI is InChI=1S/C20H25N3O2/c1-15-2-3-17(14-23-8-10-25-11-9-23)12-19(15)22-20(24)13-16-4-6-18(21)7-5-16/h2-7,12H,8-11,13-14,21H2,1H3,(H,22,24). The Morgan fingerprint density at radius 2 is 1.80 bits per heavy atom. The minimum atomic E-state index is -0.0172. The summed E-state index contributed by atoms with van der Waals surface area (Å²) in [7, 11) is 0. The highest BCUT2D eigenvalue weighted by Crippen LogP contribution is 2.19. The molecule has 0 spiro atoms. The second-order valence-electron chi connectivity index (χ2n) is 6.50. The number of hydrogen-bond donors (Lipinski definition) is 2. The van der Waals surface area contributed by atoms with E-state index in [-0.39, 0.29) is 5.91 Å². The summed E-state index contributed by atoms with van der Waals surface area (Å²) in [5.41, 5.74) is 10.5. The van der Waals surface area contributed by atoms with Crippen LogP contribution >= 0.6 is 0 Å². The summed E-state index contributed by atoms with van der Waals surface area (Å²) in [6, 6.07) is 13.7. The minimum absolute atomic E-state index is 0.0172. The average Bonchev–Trinajstić information content (AvgIpc) is 2.61. The van der Waals surface area contributed by atoms with Crippen LogP contribution in [0.3, 0.4) is 0 Å². The lowest BCUT2D eigenvalue weighted by molar-refractivity contribution is -0.115. The number of amides is 1. The van der Waals surface area contributed by atoms with Gasteiger partial charge in [0, 0.05) is 31.0 Å². The van der Waals surface area contributed by atoms with Gasteiger partial charge in [0.2, 0.25) is 5.91 Å². The maximum absolute atomic E-state index is 12.4. The molecular formula is C20H25N3O2. The molecule has 2 aromatic carbocycles. The summed E-state index contributed by atoms with van der Waals surface area (Å²) in [6.07, 6.45) is 0.341. The van der Waals surface area contributed by atoms with Gasteiger partial charge in [-0.1, -0.05) is 24.3 Å². The van der Waals surface area contributed by atoms with E-state index in [0.717, 1.165) is 49.7 Å². The van der Waals surface area contributed by atoms with E-state index in [4.69, 9.17) is 10.5 Å². The highest BCUT2D eigenvalue weighted by molar-refractivity contribution is 5.93. The van der Waals surface area contributed by atoms with Crippen LogP contribution in [0.15, 0.2) is 42.5 Å². The zero-order valence-corrected chi connectivity index (χ0v) is 14.6. The predicted molar refractivity (Wildman–Crippen MR) is 100 cm³/mol. The molecular weight excluding hydrogens is 314 g/mol. The van der Waals surface area contributed by atoms with Gasteiger partial charge >= 0.3 is 0 Å². The summed E-state index contributed by atoms with van der Waals surface area (Å²) >= 11 is 0. The number of hydrogen-bond acceptors (Lipinski definition) is 4. The van der Waals surface area contributed by atoms with Crippen molar-refractivity contribution in [1.82, 2.24) is 4.90 Å². The van der Waals surface area contributed by atoms with Crippen LogP contribution in [0.25, 0.3) is 0 Å². The van der Waals surface area contributed by atoms with Gasteiger partial charge in [-0.05, 0) is 41.8 Å². The van der Waals surface area contributed by atoms with Gasteiger partial charge in [0.1, 0.15) is 0 Å². The van der Waals surface area contributed by atoms with E-state index >= 15 is 0 Å². The SMILES string of the molecule is Cc1ccc(CN2CCOCC2)cc1NC(=O)Cc1ccc(N)cc1. The summed E-state index contributed by atoms with van der Waals surface area (Å²) in [5.74, 6) is -0.0172. The van der Waals surface area contributed by atoms with Gasteiger partial charge in [0.05, 0.1) is 19.6 Å². The van der Waals surface area contributed by atoms with E-state index in [2.05, 4.69) is 28.4 Å². The lowest BCUT2D eigenvalue weighted by Gasteiger charge is -2.26. The van der Waals surface area contributed by atoms with Gasteiger partial charge in [0.25, 0.3) is 0 Å². The topological polar surface area (TPSA) is 67.6 Å². The number of benzene rings is 2. The third kappa shape index (κ3) is 5.05. The number of ether oxygens (including phenoxy) is 1. The molecule has 5 heteroatoms. The molecule has 1 aliphatic heterocycles. The third-order valence-electron chi connectivity index (χ3n) is 4.43. The molecule has 132 valence electrons. The van der Waals surface area contributed by atoms with Crippen LogP contribution in [0.4, 0.5) is 11.4 Å². The van der Waals surface area contributed by atoms with Gasteiger partial charge in [-0.3, -0.25) is 9.69 Å². The van der Waals surface area contributed by atoms with E-state index < -0.39 is 0 Å². The minimum Gasteiger partial charge on any atom is -0.399 e. The van der Waals surface area contributed by atoms with Crippen molar-refractivity contribution in [2.24, 2.45) is 0 Å². The van der Waals surface area contributed by atoms with E-state index in [9.17, 15) is 4.79 Å². The van der Waals surface area contributed by atoms with Crippen molar-refractivity contribution in [1.29, 1.82) is 0 Å². The molecule has 0 aliphatic carbocycles. The van der Waals surface area contributed by atoms with Crippen LogP contribution < -0.4 is 11.1 Å². The van der Waals surface area contributed by atoms with E-state index in [1.807, 2.05) is 31.2 Å². The second-order valence-corrected chi connectivity index (χ2v) is 6.50. The second kappa shape index (κ2) is 8.14. The van der Waals surface area contributed by atoms with Gasteiger partial charge < -0.3 is 15.8 Å². The van der Waals surface area contributed by atoms with E-state index in [1.165, 1.54) is 5.56 Å². The Kier molecular flexibility index (Phi) is 5.68. The molecule has 1 saturated heterocycles. The molecule has 1 heterocycles. The van der Waals surface area contributed by atoms with Crippen molar-refractivity contribution >= 4 is 17.3 Å². The van der Waals surface area contributed by atoms with Crippen molar-refractivity contribution in [2.75, 3.05) is 37.4 Å². The Morgan fingerprint density at radius 3 is 2.52 bits per heavy atom. The molecule has 1 amide bonds. The predicted octanol–water partition coefficient (Wildman–Crippen LogP) is 2.59. The Balaban J connectivity index is 1.63. The number of nitrogen functional groups attached to an aromatic ring is 1. The largest absolute Gasteiger partial charge is 0.399 e. The maximum Gasteiger partial charge on any atom is 0.228 e. The molecule has 1 aliphatic rings. The Bertz CT molecular complexity index is 722. The first-order valence-corrected chi connectivity index (χ1v) is 8.64. The summed E-state index contributed by atoms with van der Waals surface area (Å²) < 4.78 is 5.39. The highest BCUT2D eigenvalue weighted by Gasteiger charge is 2.12. The van der Waals surface area contributed by atoms with E-state index in [0.29, 0.717) is 12.1 Å². The lowest BCUT2D eigenvalue weighted by Crippen LogP contribution is -2.35. The highest BCUT2D eigenvalue weighted by atomic mass is 16.5. The van der Waals surface area contributed by atoms with Crippen molar-refractivity contribution in [3.8, 4) is 0 Å². The zero-order chi connectivity index (χ0) is 17.6. The van der Waals surface area contributed by atoms with Crippen molar-refractivity contribution in [2.45, 2.75) is 19.9 Å². The van der Waals surface area contributed by atoms with Crippen LogP contribution in [0.5, 0.6) is 0 Å². The first kappa shape index (κ1) is 17.5. The van der Waals surface area contributed by atoms with Crippen molar-refractivity contribution in [3.05, 3.63) is 59.2 Å². The van der Waals surface area contributed by atoms with Gasteiger partial charge in [0.15, 0.2) is 0 Å².